The molecule has 0 amide bonds. The maximum Gasteiger partial charge on any atom is 0.352 e. The van der Waals surface area contributed by atoms with Gasteiger partial charge in [0.15, 0.2) is 5.78 Å². The molecule has 7 heteroatoms. The fourth-order valence-corrected chi connectivity index (χ4v) is 2.71. The number of ketones is 1. The molecular weight excluding hydrogens is 276 g/mol. The van der Waals surface area contributed by atoms with E-state index in [9.17, 15) is 19.5 Å². The minimum atomic E-state index is -1.25. The summed E-state index contributed by atoms with van der Waals surface area (Å²) in [6.45, 7) is 7.61. The number of Topliss-reactive ketones (excluding diaryl/α,β-unsaturated/α-hetero) is 1. The van der Waals surface area contributed by atoms with Crippen LogP contribution in [0.5, 0.6) is 0 Å². The second-order valence-electron chi connectivity index (χ2n) is 4.84. The number of aliphatic carboxylic acids is 2. The Kier molecular flexibility index (Phi) is 5.90. The molecule has 0 aromatic heterocycles. The van der Waals surface area contributed by atoms with E-state index in [0.717, 1.165) is 0 Å². The molecule has 1 aliphatic heterocycles. The summed E-state index contributed by atoms with van der Waals surface area (Å²) < 4.78 is 0. The van der Waals surface area contributed by atoms with Crippen LogP contribution >= 0.6 is 0 Å². The van der Waals surface area contributed by atoms with Crippen LogP contribution in [0.4, 0.5) is 0 Å². The lowest BCUT2D eigenvalue weighted by Crippen LogP contribution is -2.53. The quantitative estimate of drug-likeness (QED) is 0.702. The van der Waals surface area contributed by atoms with Crippen molar-refractivity contribution in [3.8, 4) is 0 Å². The zero-order chi connectivity index (χ0) is 16.2. The normalized spacial score (nSPS) is 19.3. The SMILES string of the molecule is CCN1CC(N(CC)CC)C(=O)C(CC(=O)O)=C1C(=O)O. The fourth-order valence-electron chi connectivity index (χ4n) is 2.71. The molecule has 1 atom stereocenters. The zero-order valence-electron chi connectivity index (χ0n) is 12.6. The van der Waals surface area contributed by atoms with Gasteiger partial charge in [0.2, 0.25) is 0 Å². The smallest absolute Gasteiger partial charge is 0.352 e. The molecule has 118 valence electrons. The Morgan fingerprint density at radius 2 is 1.81 bits per heavy atom. The highest BCUT2D eigenvalue weighted by molar-refractivity contribution is 6.09. The molecule has 1 rings (SSSR count). The van der Waals surface area contributed by atoms with Gasteiger partial charge < -0.3 is 15.1 Å². The Bertz CT molecular complexity index is 468. The van der Waals surface area contributed by atoms with Gasteiger partial charge in [0.05, 0.1) is 12.5 Å². The first kappa shape index (κ1) is 17.2. The molecule has 0 radical (unpaired) electrons. The van der Waals surface area contributed by atoms with Crippen LogP contribution in [0.3, 0.4) is 0 Å². The molecule has 0 aliphatic carbocycles. The number of likely N-dealkylation sites (N-methyl/N-ethyl adjacent to an activating group) is 2. The highest BCUT2D eigenvalue weighted by atomic mass is 16.4. The number of carboxylic acids is 2. The third kappa shape index (κ3) is 3.60. The molecule has 0 fully saturated rings. The predicted octanol–water partition coefficient (Wildman–Crippen LogP) is 0.415. The molecule has 1 aliphatic rings. The molecular formula is C14H22N2O5. The minimum absolute atomic E-state index is 0.111. The second-order valence-corrected chi connectivity index (χ2v) is 4.84. The summed E-state index contributed by atoms with van der Waals surface area (Å²) in [7, 11) is 0. The largest absolute Gasteiger partial charge is 0.481 e. The van der Waals surface area contributed by atoms with Crippen molar-refractivity contribution >= 4 is 17.7 Å². The molecule has 0 saturated heterocycles. The lowest BCUT2D eigenvalue weighted by molar-refractivity contribution is -0.138. The van der Waals surface area contributed by atoms with Gasteiger partial charge in [-0.2, -0.15) is 0 Å². The van der Waals surface area contributed by atoms with Gasteiger partial charge in [-0.3, -0.25) is 14.5 Å². The number of rotatable bonds is 7. The molecule has 0 spiro atoms. The van der Waals surface area contributed by atoms with Crippen molar-refractivity contribution in [1.29, 1.82) is 0 Å². The molecule has 1 heterocycles. The Morgan fingerprint density at radius 3 is 2.19 bits per heavy atom. The maximum atomic E-state index is 12.5. The van der Waals surface area contributed by atoms with Crippen LogP contribution in [-0.4, -0.2) is 70.0 Å². The van der Waals surface area contributed by atoms with Gasteiger partial charge in [-0.25, -0.2) is 4.79 Å². The average Bonchev–Trinajstić information content (AvgIpc) is 2.42. The van der Waals surface area contributed by atoms with Crippen LogP contribution in [0.1, 0.15) is 27.2 Å². The van der Waals surface area contributed by atoms with Gasteiger partial charge in [-0.1, -0.05) is 13.8 Å². The van der Waals surface area contributed by atoms with Crippen LogP contribution in [0, 0.1) is 0 Å². The van der Waals surface area contributed by atoms with Gasteiger partial charge in [0.25, 0.3) is 0 Å². The molecule has 0 saturated carbocycles. The summed E-state index contributed by atoms with van der Waals surface area (Å²) >= 11 is 0. The maximum absolute atomic E-state index is 12.5. The standard InChI is InChI=1S/C14H22N2O5/c1-4-15(5-2)10-8-16(6-3)12(14(20)21)9(13(10)19)7-11(17)18/h10H,4-8H2,1-3H3,(H,17,18)(H,20,21). The second kappa shape index (κ2) is 7.21. The van der Waals surface area contributed by atoms with E-state index < -0.39 is 24.4 Å². The first-order valence-corrected chi connectivity index (χ1v) is 7.08. The molecule has 1 unspecified atom stereocenters. The number of carbonyl (C=O) groups is 3. The van der Waals surface area contributed by atoms with E-state index in [1.54, 1.807) is 11.8 Å². The third-order valence-electron chi connectivity index (χ3n) is 3.76. The van der Waals surface area contributed by atoms with Gasteiger partial charge in [-0.05, 0) is 20.0 Å². The number of carboxylic acid groups (broad SMARTS) is 2. The van der Waals surface area contributed by atoms with Crippen LogP contribution in [-0.2, 0) is 14.4 Å². The van der Waals surface area contributed by atoms with Gasteiger partial charge >= 0.3 is 11.9 Å². The van der Waals surface area contributed by atoms with Crippen molar-refractivity contribution in [1.82, 2.24) is 9.80 Å². The predicted molar refractivity (Wildman–Crippen MR) is 75.9 cm³/mol. The van der Waals surface area contributed by atoms with Crippen LogP contribution in [0.2, 0.25) is 0 Å². The Hall–Kier alpha value is -1.89. The van der Waals surface area contributed by atoms with Crippen LogP contribution < -0.4 is 0 Å². The van der Waals surface area contributed by atoms with Gasteiger partial charge in [-0.15, -0.1) is 0 Å². The molecule has 2 N–H and O–H groups in total. The Labute approximate surface area is 123 Å². The van der Waals surface area contributed by atoms with E-state index >= 15 is 0 Å². The molecule has 0 bridgehead atoms. The molecule has 21 heavy (non-hydrogen) atoms. The number of hydrogen-bond donors (Lipinski definition) is 2. The summed E-state index contributed by atoms with van der Waals surface area (Å²) in [6, 6.07) is -0.489. The summed E-state index contributed by atoms with van der Waals surface area (Å²) in [5.74, 6) is -2.84. The minimum Gasteiger partial charge on any atom is -0.481 e. The van der Waals surface area contributed by atoms with E-state index in [2.05, 4.69) is 0 Å². The van der Waals surface area contributed by atoms with E-state index in [0.29, 0.717) is 19.6 Å². The van der Waals surface area contributed by atoms with Crippen molar-refractivity contribution < 1.29 is 24.6 Å². The summed E-state index contributed by atoms with van der Waals surface area (Å²) in [5.41, 5.74) is -0.284. The summed E-state index contributed by atoms with van der Waals surface area (Å²) in [5, 5.41) is 18.3. The van der Waals surface area contributed by atoms with Crippen molar-refractivity contribution in [2.45, 2.75) is 33.2 Å². The summed E-state index contributed by atoms with van der Waals surface area (Å²) in [4.78, 5) is 38.4. The monoisotopic (exact) mass is 298 g/mol. The zero-order valence-corrected chi connectivity index (χ0v) is 12.6. The Morgan fingerprint density at radius 1 is 1.24 bits per heavy atom. The van der Waals surface area contributed by atoms with Crippen molar-refractivity contribution in [3.05, 3.63) is 11.3 Å². The van der Waals surface area contributed by atoms with Gasteiger partial charge in [0, 0.05) is 18.7 Å². The van der Waals surface area contributed by atoms with Crippen molar-refractivity contribution in [3.63, 3.8) is 0 Å². The van der Waals surface area contributed by atoms with E-state index in [1.165, 1.54) is 0 Å². The third-order valence-corrected chi connectivity index (χ3v) is 3.76. The summed E-state index contributed by atoms with van der Waals surface area (Å²) in [6.07, 6.45) is -0.561. The number of carbonyl (C=O) groups excluding carboxylic acids is 1. The molecule has 0 aromatic rings. The first-order valence-electron chi connectivity index (χ1n) is 7.08. The van der Waals surface area contributed by atoms with Crippen LogP contribution in [0.25, 0.3) is 0 Å². The number of hydrogen-bond acceptors (Lipinski definition) is 5. The molecule has 0 aromatic carbocycles. The highest BCUT2D eigenvalue weighted by Crippen LogP contribution is 2.25. The highest BCUT2D eigenvalue weighted by Gasteiger charge is 2.39. The fraction of sp³-hybridized carbons (Fsp3) is 0.643. The lowest BCUT2D eigenvalue weighted by Gasteiger charge is -2.39. The average molecular weight is 298 g/mol. The van der Waals surface area contributed by atoms with E-state index in [1.807, 2.05) is 18.7 Å². The van der Waals surface area contributed by atoms with Crippen molar-refractivity contribution in [2.75, 3.05) is 26.2 Å². The van der Waals surface area contributed by atoms with E-state index in [4.69, 9.17) is 5.11 Å². The number of nitrogens with zero attached hydrogens (tertiary/aromatic N) is 2. The Balaban J connectivity index is 3.32. The van der Waals surface area contributed by atoms with Crippen molar-refractivity contribution in [2.24, 2.45) is 0 Å². The lowest BCUT2D eigenvalue weighted by atomic mass is 9.92. The van der Waals surface area contributed by atoms with Gasteiger partial charge in [0.1, 0.15) is 5.70 Å². The first-order chi connectivity index (χ1) is 9.87. The topological polar surface area (TPSA) is 98.2 Å². The molecule has 7 nitrogen and oxygen atoms in total. The van der Waals surface area contributed by atoms with Crippen LogP contribution in [0.15, 0.2) is 11.3 Å². The van der Waals surface area contributed by atoms with E-state index in [-0.39, 0.29) is 23.6 Å².